The second-order valence-corrected chi connectivity index (χ2v) is 2.21. The molecule has 1 fully saturated rings. The summed E-state index contributed by atoms with van der Waals surface area (Å²) >= 11 is 0. The van der Waals surface area contributed by atoms with Crippen molar-refractivity contribution in [2.75, 3.05) is 13.1 Å². The first-order chi connectivity index (χ1) is 4.80. The van der Waals surface area contributed by atoms with Gasteiger partial charge in [0.1, 0.15) is 0 Å². The molecular formula is C8H15NO. The van der Waals surface area contributed by atoms with E-state index < -0.39 is 0 Å². The Bertz CT molecular complexity index is 106. The summed E-state index contributed by atoms with van der Waals surface area (Å²) in [5.74, 6) is 0.225. The third-order valence-corrected chi connectivity index (χ3v) is 1.55. The van der Waals surface area contributed by atoms with Gasteiger partial charge in [0.15, 0.2) is 0 Å². The van der Waals surface area contributed by atoms with Crippen molar-refractivity contribution in [1.82, 2.24) is 4.90 Å². The normalized spacial score (nSPS) is 15.9. The lowest BCUT2D eigenvalue weighted by atomic mass is 10.4. The minimum absolute atomic E-state index is 0.225. The summed E-state index contributed by atoms with van der Waals surface area (Å²) in [6.07, 6.45) is 2.39. The van der Waals surface area contributed by atoms with Crippen molar-refractivity contribution >= 4 is 5.91 Å². The average Bonchev–Trinajstić information content (AvgIpc) is 2.42. The SMILES string of the molecule is C=C.CC(=O)N1CCCC1. The molecule has 0 aliphatic carbocycles. The van der Waals surface area contributed by atoms with E-state index >= 15 is 0 Å². The van der Waals surface area contributed by atoms with E-state index in [-0.39, 0.29) is 5.91 Å². The van der Waals surface area contributed by atoms with Crippen molar-refractivity contribution in [1.29, 1.82) is 0 Å². The molecule has 2 heteroatoms. The molecule has 0 aromatic heterocycles. The monoisotopic (exact) mass is 141 g/mol. The van der Waals surface area contributed by atoms with Crippen molar-refractivity contribution in [3.63, 3.8) is 0 Å². The molecule has 0 aromatic carbocycles. The maximum atomic E-state index is 10.6. The number of hydrogen-bond donors (Lipinski definition) is 0. The maximum absolute atomic E-state index is 10.6. The molecule has 2 nitrogen and oxygen atoms in total. The van der Waals surface area contributed by atoms with Gasteiger partial charge in [0.05, 0.1) is 0 Å². The Morgan fingerprint density at radius 3 is 1.90 bits per heavy atom. The van der Waals surface area contributed by atoms with Crippen LogP contribution in [0.5, 0.6) is 0 Å². The van der Waals surface area contributed by atoms with Crippen molar-refractivity contribution in [3.8, 4) is 0 Å². The number of amides is 1. The number of carbonyl (C=O) groups is 1. The third kappa shape index (κ3) is 2.67. The molecule has 1 aliphatic rings. The van der Waals surface area contributed by atoms with Crippen LogP contribution in [0, 0.1) is 0 Å². The van der Waals surface area contributed by atoms with E-state index in [0.717, 1.165) is 13.1 Å². The summed E-state index contributed by atoms with van der Waals surface area (Å²) in [5.41, 5.74) is 0. The summed E-state index contributed by atoms with van der Waals surface area (Å²) < 4.78 is 0. The first-order valence-electron chi connectivity index (χ1n) is 3.56. The van der Waals surface area contributed by atoms with Crippen LogP contribution in [-0.4, -0.2) is 23.9 Å². The van der Waals surface area contributed by atoms with E-state index in [4.69, 9.17) is 0 Å². The van der Waals surface area contributed by atoms with Gasteiger partial charge < -0.3 is 4.90 Å². The summed E-state index contributed by atoms with van der Waals surface area (Å²) in [7, 11) is 0. The molecule has 1 saturated heterocycles. The molecule has 1 rings (SSSR count). The minimum Gasteiger partial charge on any atom is -0.343 e. The lowest BCUT2D eigenvalue weighted by Gasteiger charge is -2.10. The van der Waals surface area contributed by atoms with Crippen molar-refractivity contribution in [2.45, 2.75) is 19.8 Å². The van der Waals surface area contributed by atoms with E-state index in [1.54, 1.807) is 6.92 Å². The van der Waals surface area contributed by atoms with E-state index in [9.17, 15) is 4.79 Å². The van der Waals surface area contributed by atoms with E-state index in [0.29, 0.717) is 0 Å². The van der Waals surface area contributed by atoms with Gasteiger partial charge in [-0.25, -0.2) is 0 Å². The van der Waals surface area contributed by atoms with Crippen LogP contribution in [-0.2, 0) is 4.79 Å². The average molecular weight is 141 g/mol. The molecule has 1 amide bonds. The Kier molecular flexibility index (Phi) is 4.63. The molecule has 1 heterocycles. The van der Waals surface area contributed by atoms with Crippen LogP contribution < -0.4 is 0 Å². The summed E-state index contributed by atoms with van der Waals surface area (Å²) in [4.78, 5) is 12.5. The fraction of sp³-hybridized carbons (Fsp3) is 0.625. The lowest BCUT2D eigenvalue weighted by molar-refractivity contribution is -0.127. The van der Waals surface area contributed by atoms with E-state index in [1.165, 1.54) is 12.8 Å². The Balaban J connectivity index is 0.000000371. The van der Waals surface area contributed by atoms with Crippen molar-refractivity contribution < 1.29 is 4.79 Å². The molecule has 0 saturated carbocycles. The van der Waals surface area contributed by atoms with Crippen LogP contribution in [0.15, 0.2) is 13.2 Å². The number of likely N-dealkylation sites (tertiary alicyclic amines) is 1. The van der Waals surface area contributed by atoms with Crippen LogP contribution in [0.3, 0.4) is 0 Å². The predicted molar refractivity (Wildman–Crippen MR) is 42.7 cm³/mol. The number of hydrogen-bond acceptors (Lipinski definition) is 1. The van der Waals surface area contributed by atoms with Gasteiger partial charge in [0.25, 0.3) is 0 Å². The molecule has 58 valence electrons. The summed E-state index contributed by atoms with van der Waals surface area (Å²) in [5, 5.41) is 0. The van der Waals surface area contributed by atoms with Crippen LogP contribution in [0.25, 0.3) is 0 Å². The fourth-order valence-electron chi connectivity index (χ4n) is 1.03. The summed E-state index contributed by atoms with van der Waals surface area (Å²) in [6, 6.07) is 0. The van der Waals surface area contributed by atoms with Gasteiger partial charge in [-0.1, -0.05) is 0 Å². The highest BCUT2D eigenvalue weighted by Crippen LogP contribution is 2.05. The highest BCUT2D eigenvalue weighted by molar-refractivity contribution is 5.73. The quantitative estimate of drug-likeness (QED) is 0.467. The highest BCUT2D eigenvalue weighted by atomic mass is 16.2. The topological polar surface area (TPSA) is 20.3 Å². The van der Waals surface area contributed by atoms with Gasteiger partial charge >= 0.3 is 0 Å². The van der Waals surface area contributed by atoms with Crippen molar-refractivity contribution in [2.24, 2.45) is 0 Å². The Morgan fingerprint density at radius 2 is 1.70 bits per heavy atom. The molecule has 0 atom stereocenters. The molecule has 10 heavy (non-hydrogen) atoms. The van der Waals surface area contributed by atoms with Crippen LogP contribution in [0.1, 0.15) is 19.8 Å². The van der Waals surface area contributed by atoms with Gasteiger partial charge in [-0.3, -0.25) is 4.79 Å². The van der Waals surface area contributed by atoms with Crippen LogP contribution in [0.2, 0.25) is 0 Å². The Hall–Kier alpha value is -0.790. The Morgan fingerprint density at radius 1 is 1.30 bits per heavy atom. The molecule has 0 aromatic rings. The smallest absolute Gasteiger partial charge is 0.219 e. The lowest BCUT2D eigenvalue weighted by Crippen LogP contribution is -2.24. The second kappa shape index (κ2) is 5.03. The molecule has 0 unspecified atom stereocenters. The second-order valence-electron chi connectivity index (χ2n) is 2.21. The van der Waals surface area contributed by atoms with E-state index in [2.05, 4.69) is 13.2 Å². The Labute approximate surface area is 62.5 Å². The van der Waals surface area contributed by atoms with Gasteiger partial charge in [-0.05, 0) is 12.8 Å². The predicted octanol–water partition coefficient (Wildman–Crippen LogP) is 1.43. The molecule has 0 spiro atoms. The minimum atomic E-state index is 0.225. The number of rotatable bonds is 0. The largest absolute Gasteiger partial charge is 0.343 e. The zero-order valence-electron chi connectivity index (χ0n) is 6.60. The van der Waals surface area contributed by atoms with Gasteiger partial charge in [0.2, 0.25) is 5.91 Å². The molecule has 0 bridgehead atoms. The van der Waals surface area contributed by atoms with E-state index in [1.807, 2.05) is 4.90 Å². The first kappa shape index (κ1) is 9.21. The fourth-order valence-corrected chi connectivity index (χ4v) is 1.03. The highest BCUT2D eigenvalue weighted by Gasteiger charge is 2.12. The molecule has 0 radical (unpaired) electrons. The number of nitrogens with zero attached hydrogens (tertiary/aromatic N) is 1. The molecular weight excluding hydrogens is 126 g/mol. The first-order valence-corrected chi connectivity index (χ1v) is 3.56. The summed E-state index contributed by atoms with van der Waals surface area (Å²) in [6.45, 7) is 9.59. The van der Waals surface area contributed by atoms with Gasteiger partial charge in [-0.15, -0.1) is 13.2 Å². The zero-order valence-corrected chi connectivity index (χ0v) is 6.60. The standard InChI is InChI=1S/C6H11NO.C2H4/c1-6(8)7-4-2-3-5-7;1-2/h2-5H2,1H3;1-2H2. The van der Waals surface area contributed by atoms with Gasteiger partial charge in [0, 0.05) is 20.0 Å². The third-order valence-electron chi connectivity index (χ3n) is 1.55. The van der Waals surface area contributed by atoms with Crippen LogP contribution >= 0.6 is 0 Å². The van der Waals surface area contributed by atoms with Crippen LogP contribution in [0.4, 0.5) is 0 Å². The number of carbonyl (C=O) groups excluding carboxylic acids is 1. The molecule has 1 aliphatic heterocycles. The van der Waals surface area contributed by atoms with Crippen molar-refractivity contribution in [3.05, 3.63) is 13.2 Å². The molecule has 0 N–H and O–H groups in total. The van der Waals surface area contributed by atoms with Gasteiger partial charge in [-0.2, -0.15) is 0 Å². The zero-order chi connectivity index (χ0) is 7.98. The maximum Gasteiger partial charge on any atom is 0.219 e.